The van der Waals surface area contributed by atoms with Crippen molar-refractivity contribution in [3.63, 3.8) is 0 Å². The quantitative estimate of drug-likeness (QED) is 0.601. The van der Waals surface area contributed by atoms with Crippen LogP contribution in [0.3, 0.4) is 0 Å². The number of rotatable bonds is 5. The molecule has 0 spiro atoms. The van der Waals surface area contributed by atoms with E-state index in [1.807, 2.05) is 0 Å². The average molecular weight is 387 g/mol. The minimum atomic E-state index is -0.832. The Balaban J connectivity index is 2.27. The number of hydrogen-bond donors (Lipinski definition) is 2. The molecule has 1 aromatic rings. The summed E-state index contributed by atoms with van der Waals surface area (Å²) in [4.78, 5) is 24.0. The van der Waals surface area contributed by atoms with E-state index >= 15 is 0 Å². The van der Waals surface area contributed by atoms with Gasteiger partial charge in [0.1, 0.15) is 18.3 Å². The van der Waals surface area contributed by atoms with Gasteiger partial charge in [-0.1, -0.05) is 12.6 Å². The largest absolute Gasteiger partial charge is 0.463 e. The summed E-state index contributed by atoms with van der Waals surface area (Å²) in [6.45, 7) is 4.07. The molecule has 1 aliphatic rings. The summed E-state index contributed by atoms with van der Waals surface area (Å²) in [5.41, 5.74) is 0.782. The Kier molecular flexibility index (Phi) is 5.73. The van der Waals surface area contributed by atoms with Gasteiger partial charge in [0.05, 0.1) is 17.1 Å². The van der Waals surface area contributed by atoms with E-state index in [4.69, 9.17) is 9.47 Å². The van der Waals surface area contributed by atoms with Gasteiger partial charge in [0.15, 0.2) is 0 Å². The molecule has 0 aliphatic carbocycles. The average Bonchev–Trinajstić information content (AvgIpc) is 2.49. The van der Waals surface area contributed by atoms with E-state index in [1.165, 1.54) is 25.3 Å². The fourth-order valence-corrected chi connectivity index (χ4v) is 2.66. The first-order valence-corrected chi connectivity index (χ1v) is 7.60. The minimum absolute atomic E-state index is 0.0902. The molecule has 23 heavy (non-hydrogen) atoms. The molecule has 2 rings (SSSR count). The predicted octanol–water partition coefficient (Wildman–Crippen LogP) is 2.26. The second-order valence-electron chi connectivity index (χ2n) is 4.91. The molecule has 1 saturated heterocycles. The zero-order valence-corrected chi connectivity index (χ0v) is 14.0. The molecule has 0 unspecified atom stereocenters. The van der Waals surface area contributed by atoms with Crippen LogP contribution < -0.4 is 10.6 Å². The van der Waals surface area contributed by atoms with Crippen molar-refractivity contribution in [2.75, 3.05) is 20.3 Å². The molecule has 1 fully saturated rings. The van der Waals surface area contributed by atoms with Crippen LogP contribution >= 0.6 is 15.9 Å². The molecule has 0 aromatic heterocycles. The highest BCUT2D eigenvalue weighted by Crippen LogP contribution is 2.32. The third-order valence-electron chi connectivity index (χ3n) is 3.36. The van der Waals surface area contributed by atoms with Crippen molar-refractivity contribution in [3.05, 3.63) is 46.3 Å². The first kappa shape index (κ1) is 17.4. The zero-order valence-electron chi connectivity index (χ0n) is 12.4. The highest BCUT2D eigenvalue weighted by Gasteiger charge is 2.39. The fourth-order valence-electron chi connectivity index (χ4n) is 2.26. The maximum absolute atomic E-state index is 13.4. The molecule has 0 saturated carbocycles. The van der Waals surface area contributed by atoms with Crippen molar-refractivity contribution in [2.45, 2.75) is 6.04 Å². The Labute approximate surface area is 141 Å². The monoisotopic (exact) mass is 386 g/mol. The standard InChI is InChI=1S/C15H16BrFN2O4/c1-8-12(14(20)23-6-5-22-2)13(19-15(21)18-8)9-3-4-11(17)10(16)7-9/h3-4,7,12-13H,1,5-6H2,2H3,(H2,18,19,21)/t12-,13+/m0/s1. The lowest BCUT2D eigenvalue weighted by molar-refractivity contribution is -0.149. The van der Waals surface area contributed by atoms with Gasteiger partial charge in [0.25, 0.3) is 0 Å². The number of nitrogens with one attached hydrogen (secondary N) is 2. The smallest absolute Gasteiger partial charge is 0.319 e. The maximum atomic E-state index is 13.4. The van der Waals surface area contributed by atoms with E-state index in [2.05, 4.69) is 33.1 Å². The summed E-state index contributed by atoms with van der Waals surface area (Å²) in [7, 11) is 1.49. The van der Waals surface area contributed by atoms with Gasteiger partial charge in [0, 0.05) is 12.8 Å². The topological polar surface area (TPSA) is 76.7 Å². The number of halogens is 2. The fraction of sp³-hybridized carbons (Fsp3) is 0.333. The van der Waals surface area contributed by atoms with E-state index < -0.39 is 29.8 Å². The van der Waals surface area contributed by atoms with Crippen molar-refractivity contribution in [2.24, 2.45) is 5.92 Å². The van der Waals surface area contributed by atoms with E-state index in [-0.39, 0.29) is 23.4 Å². The highest BCUT2D eigenvalue weighted by atomic mass is 79.9. The molecule has 0 bridgehead atoms. The number of benzene rings is 1. The van der Waals surface area contributed by atoms with Crippen LogP contribution in [0.25, 0.3) is 0 Å². The summed E-state index contributed by atoms with van der Waals surface area (Å²) >= 11 is 3.09. The van der Waals surface area contributed by atoms with E-state index in [1.54, 1.807) is 0 Å². The maximum Gasteiger partial charge on any atom is 0.319 e. The van der Waals surface area contributed by atoms with Crippen molar-refractivity contribution in [1.29, 1.82) is 0 Å². The van der Waals surface area contributed by atoms with Crippen LogP contribution in [0.2, 0.25) is 0 Å². The van der Waals surface area contributed by atoms with Crippen LogP contribution in [0.4, 0.5) is 9.18 Å². The van der Waals surface area contributed by atoms with Gasteiger partial charge in [-0.3, -0.25) is 4.79 Å². The second-order valence-corrected chi connectivity index (χ2v) is 5.77. The van der Waals surface area contributed by atoms with Crippen LogP contribution in [0.1, 0.15) is 11.6 Å². The molecule has 2 atom stereocenters. The van der Waals surface area contributed by atoms with Crippen LogP contribution in [0, 0.1) is 11.7 Å². The number of methoxy groups -OCH3 is 1. The molecule has 124 valence electrons. The lowest BCUT2D eigenvalue weighted by Crippen LogP contribution is -2.51. The molecule has 1 aromatic carbocycles. The highest BCUT2D eigenvalue weighted by molar-refractivity contribution is 9.10. The number of amides is 2. The summed E-state index contributed by atoms with van der Waals surface area (Å²) in [5.74, 6) is -1.82. The predicted molar refractivity (Wildman–Crippen MR) is 84.0 cm³/mol. The Morgan fingerprint density at radius 1 is 1.43 bits per heavy atom. The Morgan fingerprint density at radius 2 is 2.17 bits per heavy atom. The summed E-state index contributed by atoms with van der Waals surface area (Å²) in [6, 6.07) is 3.07. The molecule has 8 heteroatoms. The first-order valence-electron chi connectivity index (χ1n) is 6.81. The number of ether oxygens (including phenoxy) is 2. The third kappa shape index (κ3) is 4.08. The van der Waals surface area contributed by atoms with Gasteiger partial charge in [-0.05, 0) is 33.6 Å². The van der Waals surface area contributed by atoms with Gasteiger partial charge in [-0.15, -0.1) is 0 Å². The molecule has 2 N–H and O–H groups in total. The number of carbonyl (C=O) groups is 2. The van der Waals surface area contributed by atoms with Gasteiger partial charge in [0.2, 0.25) is 0 Å². The summed E-state index contributed by atoms with van der Waals surface area (Å²) in [5, 5.41) is 5.11. The lowest BCUT2D eigenvalue weighted by Gasteiger charge is -2.33. The summed E-state index contributed by atoms with van der Waals surface area (Å²) in [6.07, 6.45) is 0. The Bertz CT molecular complexity index is 638. The molecular formula is C15H16BrFN2O4. The van der Waals surface area contributed by atoms with Gasteiger partial charge < -0.3 is 20.1 Å². The van der Waals surface area contributed by atoms with Crippen LogP contribution in [-0.2, 0) is 14.3 Å². The number of carbonyl (C=O) groups excluding carboxylic acids is 2. The van der Waals surface area contributed by atoms with Crippen molar-refractivity contribution < 1.29 is 23.5 Å². The summed E-state index contributed by atoms with van der Waals surface area (Å²) < 4.78 is 23.6. The van der Waals surface area contributed by atoms with E-state index in [0.29, 0.717) is 5.56 Å². The molecule has 0 radical (unpaired) electrons. The second kappa shape index (κ2) is 7.56. The Hall–Kier alpha value is -1.93. The van der Waals surface area contributed by atoms with E-state index in [0.717, 1.165) is 0 Å². The number of urea groups is 1. The first-order chi connectivity index (χ1) is 10.9. The molecule has 1 heterocycles. The van der Waals surface area contributed by atoms with Crippen LogP contribution in [0.5, 0.6) is 0 Å². The SMILES string of the molecule is C=C1NC(=O)N[C@H](c2ccc(F)c(Br)c2)[C@H]1C(=O)OCCOC. The number of hydrogen-bond acceptors (Lipinski definition) is 4. The minimum Gasteiger partial charge on any atom is -0.463 e. The van der Waals surface area contributed by atoms with Crippen LogP contribution in [0.15, 0.2) is 34.9 Å². The lowest BCUT2D eigenvalue weighted by atomic mass is 9.89. The molecule has 1 aliphatic heterocycles. The number of esters is 1. The van der Waals surface area contributed by atoms with Crippen LogP contribution in [-0.4, -0.2) is 32.3 Å². The van der Waals surface area contributed by atoms with Gasteiger partial charge in [-0.2, -0.15) is 0 Å². The Morgan fingerprint density at radius 3 is 2.83 bits per heavy atom. The molecular weight excluding hydrogens is 371 g/mol. The van der Waals surface area contributed by atoms with Crippen molar-refractivity contribution in [3.8, 4) is 0 Å². The molecule has 2 amide bonds. The van der Waals surface area contributed by atoms with Crippen molar-refractivity contribution >= 4 is 27.9 Å². The molecule has 6 nitrogen and oxygen atoms in total. The third-order valence-corrected chi connectivity index (χ3v) is 3.97. The van der Waals surface area contributed by atoms with Gasteiger partial charge >= 0.3 is 12.0 Å². The normalized spacial score (nSPS) is 20.7. The van der Waals surface area contributed by atoms with E-state index in [9.17, 15) is 14.0 Å². The zero-order chi connectivity index (χ0) is 17.0. The van der Waals surface area contributed by atoms with Gasteiger partial charge in [-0.25, -0.2) is 9.18 Å². The van der Waals surface area contributed by atoms with Crippen molar-refractivity contribution in [1.82, 2.24) is 10.6 Å².